The Hall–Kier alpha value is -0.820. The lowest BCUT2D eigenvalue weighted by molar-refractivity contribution is 0.0322. The van der Waals surface area contributed by atoms with Crippen molar-refractivity contribution >= 4 is 28.8 Å². The Balaban J connectivity index is 1.84. The number of primary amides is 1. The van der Waals surface area contributed by atoms with Gasteiger partial charge in [-0.05, 0) is 0 Å². The number of amides is 1. The average molecular weight is 291 g/mol. The number of hydrogen-bond donors (Lipinski definition) is 1. The molecule has 1 aliphatic rings. The zero-order chi connectivity index (χ0) is 13.0. The maximum atomic E-state index is 11.2. The Morgan fingerprint density at radius 3 is 2.94 bits per heavy atom. The summed E-state index contributed by atoms with van der Waals surface area (Å²) in [7, 11) is 0. The summed E-state index contributed by atoms with van der Waals surface area (Å²) in [4.78, 5) is 13.8. The highest BCUT2D eigenvalue weighted by atomic mass is 35.5. The van der Waals surface area contributed by atoms with E-state index in [9.17, 15) is 4.79 Å². The molecule has 0 spiro atoms. The van der Waals surface area contributed by atoms with Gasteiger partial charge in [0.2, 0.25) is 0 Å². The van der Waals surface area contributed by atoms with E-state index in [4.69, 9.17) is 26.8 Å². The quantitative estimate of drug-likeness (QED) is 0.885. The summed E-state index contributed by atoms with van der Waals surface area (Å²) < 4.78 is 11.3. The van der Waals surface area contributed by atoms with Gasteiger partial charge in [-0.3, -0.25) is 9.69 Å². The van der Waals surface area contributed by atoms with Gasteiger partial charge in [0.05, 0.1) is 17.6 Å². The summed E-state index contributed by atoms with van der Waals surface area (Å²) in [5, 5.41) is 0. The fourth-order valence-corrected chi connectivity index (χ4v) is 2.74. The van der Waals surface area contributed by atoms with E-state index < -0.39 is 5.91 Å². The van der Waals surface area contributed by atoms with Crippen LogP contribution in [0.5, 0.6) is 5.75 Å². The van der Waals surface area contributed by atoms with Crippen molar-refractivity contribution in [3.63, 3.8) is 0 Å². The van der Waals surface area contributed by atoms with Crippen LogP contribution in [0.1, 0.15) is 9.67 Å². The van der Waals surface area contributed by atoms with Crippen LogP contribution in [0.2, 0.25) is 4.34 Å². The summed E-state index contributed by atoms with van der Waals surface area (Å²) >= 11 is 6.98. The monoisotopic (exact) mass is 290 g/mol. The van der Waals surface area contributed by atoms with Crippen LogP contribution < -0.4 is 10.5 Å². The molecule has 1 aromatic rings. The molecular formula is C11H15ClN2O3S. The predicted octanol–water partition coefficient (Wildman–Crippen LogP) is 1.21. The molecule has 2 rings (SSSR count). The van der Waals surface area contributed by atoms with Crippen molar-refractivity contribution in [1.82, 2.24) is 4.90 Å². The maximum absolute atomic E-state index is 11.2. The number of nitrogens with two attached hydrogens (primary N) is 1. The molecular weight excluding hydrogens is 276 g/mol. The first-order valence-corrected chi connectivity index (χ1v) is 6.88. The van der Waals surface area contributed by atoms with Crippen LogP contribution in [0.15, 0.2) is 6.07 Å². The van der Waals surface area contributed by atoms with E-state index in [1.165, 1.54) is 0 Å². The van der Waals surface area contributed by atoms with E-state index in [0.717, 1.165) is 44.2 Å². The Labute approximate surface area is 114 Å². The minimum absolute atomic E-state index is 0.377. The molecule has 1 amide bonds. The molecule has 5 nitrogen and oxygen atoms in total. The van der Waals surface area contributed by atoms with Gasteiger partial charge in [-0.2, -0.15) is 0 Å². The number of rotatable bonds is 5. The fraction of sp³-hybridized carbons (Fsp3) is 0.545. The Bertz CT molecular complexity index is 418. The van der Waals surface area contributed by atoms with E-state index in [1.54, 1.807) is 6.07 Å². The number of thiophene rings is 1. The van der Waals surface area contributed by atoms with Gasteiger partial charge in [-0.15, -0.1) is 11.3 Å². The summed E-state index contributed by atoms with van der Waals surface area (Å²) in [5.74, 6) is -0.0287. The van der Waals surface area contributed by atoms with Gasteiger partial charge in [-0.1, -0.05) is 11.6 Å². The first kappa shape index (κ1) is 13.6. The first-order valence-electron chi connectivity index (χ1n) is 5.69. The van der Waals surface area contributed by atoms with Crippen molar-refractivity contribution in [2.45, 2.75) is 0 Å². The maximum Gasteiger partial charge on any atom is 0.262 e. The highest BCUT2D eigenvalue weighted by Crippen LogP contribution is 2.32. The number of carbonyl (C=O) groups excluding carboxylic acids is 1. The SMILES string of the molecule is NC(=O)c1sc(Cl)cc1OCCN1CCOCC1. The van der Waals surface area contributed by atoms with E-state index in [1.807, 2.05) is 0 Å². The zero-order valence-electron chi connectivity index (χ0n) is 9.86. The number of morpholine rings is 1. The van der Waals surface area contributed by atoms with Crippen molar-refractivity contribution in [3.8, 4) is 5.75 Å². The lowest BCUT2D eigenvalue weighted by Crippen LogP contribution is -2.38. The highest BCUT2D eigenvalue weighted by molar-refractivity contribution is 7.18. The van der Waals surface area contributed by atoms with Gasteiger partial charge in [-0.25, -0.2) is 0 Å². The summed E-state index contributed by atoms with van der Waals surface area (Å²) in [5.41, 5.74) is 5.25. The van der Waals surface area contributed by atoms with Gasteiger partial charge in [0.25, 0.3) is 5.91 Å². The standard InChI is InChI=1S/C11H15ClN2O3S/c12-9-7-8(10(18-9)11(13)15)17-6-3-14-1-4-16-5-2-14/h7H,1-6H2,(H2,13,15). The average Bonchev–Trinajstić information content (AvgIpc) is 2.72. The van der Waals surface area contributed by atoms with Crippen molar-refractivity contribution < 1.29 is 14.3 Å². The predicted molar refractivity (Wildman–Crippen MR) is 70.6 cm³/mol. The Morgan fingerprint density at radius 2 is 2.28 bits per heavy atom. The Kier molecular flexibility index (Phi) is 4.82. The molecule has 0 aromatic carbocycles. The summed E-state index contributed by atoms with van der Waals surface area (Å²) in [6, 6.07) is 1.63. The van der Waals surface area contributed by atoms with E-state index in [0.29, 0.717) is 21.6 Å². The van der Waals surface area contributed by atoms with Crippen molar-refractivity contribution in [3.05, 3.63) is 15.3 Å². The number of ether oxygens (including phenoxy) is 2. The Morgan fingerprint density at radius 1 is 1.56 bits per heavy atom. The lowest BCUT2D eigenvalue weighted by Gasteiger charge is -2.26. The molecule has 1 aliphatic heterocycles. The van der Waals surface area contributed by atoms with Crippen LogP contribution in [-0.2, 0) is 4.74 Å². The molecule has 1 saturated heterocycles. The third-order valence-electron chi connectivity index (χ3n) is 2.66. The van der Waals surface area contributed by atoms with Crippen LogP contribution in [-0.4, -0.2) is 50.3 Å². The van der Waals surface area contributed by atoms with Gasteiger partial charge in [0.15, 0.2) is 0 Å². The van der Waals surface area contributed by atoms with Gasteiger partial charge < -0.3 is 15.2 Å². The minimum Gasteiger partial charge on any atom is -0.490 e. The van der Waals surface area contributed by atoms with Crippen LogP contribution in [0, 0.1) is 0 Å². The van der Waals surface area contributed by atoms with E-state index >= 15 is 0 Å². The normalized spacial score (nSPS) is 16.7. The first-order chi connectivity index (χ1) is 8.66. The molecule has 2 N–H and O–H groups in total. The van der Waals surface area contributed by atoms with Gasteiger partial charge in [0.1, 0.15) is 17.2 Å². The number of nitrogens with zero attached hydrogens (tertiary/aromatic N) is 1. The number of hydrogen-bond acceptors (Lipinski definition) is 5. The number of halogens is 1. The van der Waals surface area contributed by atoms with Crippen molar-refractivity contribution in [2.75, 3.05) is 39.5 Å². The summed E-state index contributed by atoms with van der Waals surface area (Å²) in [6.07, 6.45) is 0. The topological polar surface area (TPSA) is 64.8 Å². The van der Waals surface area contributed by atoms with E-state index in [-0.39, 0.29) is 0 Å². The molecule has 0 atom stereocenters. The molecule has 0 unspecified atom stereocenters. The highest BCUT2D eigenvalue weighted by Gasteiger charge is 2.15. The zero-order valence-corrected chi connectivity index (χ0v) is 11.4. The third kappa shape index (κ3) is 3.58. The molecule has 0 aliphatic carbocycles. The number of carbonyl (C=O) groups is 1. The minimum atomic E-state index is -0.506. The lowest BCUT2D eigenvalue weighted by atomic mass is 10.4. The van der Waals surface area contributed by atoms with Crippen LogP contribution in [0.3, 0.4) is 0 Å². The molecule has 0 radical (unpaired) electrons. The fourth-order valence-electron chi connectivity index (χ4n) is 1.73. The molecule has 0 bridgehead atoms. The van der Waals surface area contributed by atoms with Gasteiger partial charge in [0, 0.05) is 25.7 Å². The molecule has 100 valence electrons. The molecule has 7 heteroatoms. The largest absolute Gasteiger partial charge is 0.490 e. The molecule has 18 heavy (non-hydrogen) atoms. The second-order valence-electron chi connectivity index (χ2n) is 3.91. The van der Waals surface area contributed by atoms with Crippen LogP contribution >= 0.6 is 22.9 Å². The molecule has 1 fully saturated rings. The van der Waals surface area contributed by atoms with Crippen LogP contribution in [0.4, 0.5) is 0 Å². The second-order valence-corrected chi connectivity index (χ2v) is 5.59. The van der Waals surface area contributed by atoms with E-state index in [2.05, 4.69) is 4.90 Å². The van der Waals surface area contributed by atoms with Crippen molar-refractivity contribution in [1.29, 1.82) is 0 Å². The smallest absolute Gasteiger partial charge is 0.262 e. The van der Waals surface area contributed by atoms with Crippen molar-refractivity contribution in [2.24, 2.45) is 5.73 Å². The van der Waals surface area contributed by atoms with Gasteiger partial charge >= 0.3 is 0 Å². The van der Waals surface area contributed by atoms with Crippen LogP contribution in [0.25, 0.3) is 0 Å². The third-order valence-corrected chi connectivity index (χ3v) is 3.92. The molecule has 2 heterocycles. The molecule has 0 saturated carbocycles. The second kappa shape index (κ2) is 6.38. The summed E-state index contributed by atoms with van der Waals surface area (Å²) in [6.45, 7) is 4.66. The molecule has 1 aromatic heterocycles.